The number of hydrogen-bond acceptors (Lipinski definition) is 5. The molecule has 1 aromatic rings. The molecule has 1 amide bonds. The number of aromatic nitrogens is 2. The Kier molecular flexibility index (Phi) is 3.70. The van der Waals surface area contributed by atoms with E-state index in [2.05, 4.69) is 20.2 Å². The highest BCUT2D eigenvalue weighted by Crippen LogP contribution is 2.34. The van der Waals surface area contributed by atoms with Gasteiger partial charge in [0.25, 0.3) is 0 Å². The molecule has 2 aliphatic heterocycles. The van der Waals surface area contributed by atoms with Gasteiger partial charge in [0.2, 0.25) is 11.9 Å². The number of hydrogen-bond donors (Lipinski definition) is 1. The van der Waals surface area contributed by atoms with Gasteiger partial charge in [0.1, 0.15) is 6.10 Å². The van der Waals surface area contributed by atoms with E-state index in [4.69, 9.17) is 4.74 Å². The molecule has 118 valence electrons. The van der Waals surface area contributed by atoms with Crippen LogP contribution in [0.4, 0.5) is 5.95 Å². The quantitative estimate of drug-likeness (QED) is 0.898. The number of carbonyl (C=O) groups is 1. The average Bonchev–Trinajstić information content (AvgIpc) is 3.29. The zero-order valence-corrected chi connectivity index (χ0v) is 12.6. The molecule has 3 fully saturated rings. The zero-order valence-electron chi connectivity index (χ0n) is 12.6. The summed E-state index contributed by atoms with van der Waals surface area (Å²) in [5.41, 5.74) is 0. The molecule has 6 nitrogen and oxygen atoms in total. The lowest BCUT2D eigenvalue weighted by molar-refractivity contribution is -0.132. The van der Waals surface area contributed by atoms with E-state index in [1.807, 2.05) is 6.07 Å². The van der Waals surface area contributed by atoms with Gasteiger partial charge in [0, 0.05) is 32.0 Å². The molecule has 0 spiro atoms. The van der Waals surface area contributed by atoms with Crippen LogP contribution in [-0.4, -0.2) is 47.7 Å². The molecule has 3 atom stereocenters. The highest BCUT2D eigenvalue weighted by Gasteiger charge is 2.42. The summed E-state index contributed by atoms with van der Waals surface area (Å²) in [6.07, 6.45) is 7.77. The first kappa shape index (κ1) is 13.9. The van der Waals surface area contributed by atoms with E-state index < -0.39 is 0 Å². The largest absolute Gasteiger partial charge is 0.363 e. The summed E-state index contributed by atoms with van der Waals surface area (Å²) in [6.45, 7) is 2.53. The van der Waals surface area contributed by atoms with Crippen LogP contribution in [0.25, 0.3) is 0 Å². The summed E-state index contributed by atoms with van der Waals surface area (Å²) in [5, 5.41) is 3.04. The second kappa shape index (κ2) is 5.83. The summed E-state index contributed by atoms with van der Waals surface area (Å²) in [7, 11) is 0. The number of piperidine rings is 1. The van der Waals surface area contributed by atoms with Crippen LogP contribution < -0.4 is 10.2 Å². The van der Waals surface area contributed by atoms with Crippen molar-refractivity contribution in [1.82, 2.24) is 15.3 Å². The number of amides is 1. The van der Waals surface area contributed by atoms with Gasteiger partial charge in [-0.3, -0.25) is 4.79 Å². The van der Waals surface area contributed by atoms with E-state index in [0.717, 1.165) is 38.4 Å². The fraction of sp³-hybridized carbons (Fsp3) is 0.688. The lowest BCUT2D eigenvalue weighted by atomic mass is 9.92. The Hall–Kier alpha value is -1.69. The van der Waals surface area contributed by atoms with Crippen molar-refractivity contribution >= 4 is 11.9 Å². The molecular weight excluding hydrogens is 280 g/mol. The lowest BCUT2D eigenvalue weighted by Gasteiger charge is -2.33. The van der Waals surface area contributed by atoms with E-state index in [-0.39, 0.29) is 18.1 Å². The van der Waals surface area contributed by atoms with E-state index in [1.54, 1.807) is 12.4 Å². The van der Waals surface area contributed by atoms with Crippen LogP contribution in [0.5, 0.6) is 0 Å². The van der Waals surface area contributed by atoms with Crippen LogP contribution in [0, 0.1) is 11.8 Å². The topological polar surface area (TPSA) is 67.4 Å². The van der Waals surface area contributed by atoms with Crippen LogP contribution in [0.1, 0.15) is 25.7 Å². The molecule has 1 saturated carbocycles. The van der Waals surface area contributed by atoms with Crippen molar-refractivity contribution in [2.24, 2.45) is 11.8 Å². The smallest absolute Gasteiger partial charge is 0.249 e. The molecule has 0 aromatic carbocycles. The molecule has 22 heavy (non-hydrogen) atoms. The van der Waals surface area contributed by atoms with Crippen LogP contribution in [0.2, 0.25) is 0 Å². The van der Waals surface area contributed by atoms with E-state index >= 15 is 0 Å². The third kappa shape index (κ3) is 2.92. The fourth-order valence-corrected chi connectivity index (χ4v) is 3.42. The van der Waals surface area contributed by atoms with E-state index in [9.17, 15) is 4.79 Å². The second-order valence-electron chi connectivity index (χ2n) is 6.63. The van der Waals surface area contributed by atoms with Crippen molar-refractivity contribution in [3.8, 4) is 0 Å². The fourth-order valence-electron chi connectivity index (χ4n) is 3.42. The van der Waals surface area contributed by atoms with E-state index in [0.29, 0.717) is 11.8 Å². The molecule has 6 heteroatoms. The predicted octanol–water partition coefficient (Wildman–Crippen LogP) is 0.987. The van der Waals surface area contributed by atoms with Gasteiger partial charge in [-0.15, -0.1) is 0 Å². The maximum Gasteiger partial charge on any atom is 0.249 e. The van der Waals surface area contributed by atoms with Gasteiger partial charge in [-0.25, -0.2) is 9.97 Å². The molecule has 4 rings (SSSR count). The Morgan fingerprint density at radius 2 is 2.14 bits per heavy atom. The van der Waals surface area contributed by atoms with Crippen molar-refractivity contribution in [3.63, 3.8) is 0 Å². The Morgan fingerprint density at radius 3 is 2.91 bits per heavy atom. The molecule has 1 aliphatic carbocycles. The standard InChI is InChI=1S/C16H22N4O2/c21-15(19-9-11-2-3-11)13-8-12-4-7-20(10-14(12)22-13)16-17-5-1-6-18-16/h1,5-6,11-14H,2-4,7-10H2,(H,19,21)/t12-,13-,14+/m0/s1. The van der Waals surface area contributed by atoms with Gasteiger partial charge < -0.3 is 15.0 Å². The number of nitrogens with one attached hydrogen (secondary N) is 1. The molecular formula is C16H22N4O2. The molecule has 0 radical (unpaired) electrons. The number of anilines is 1. The van der Waals surface area contributed by atoms with Crippen LogP contribution >= 0.6 is 0 Å². The second-order valence-corrected chi connectivity index (χ2v) is 6.63. The molecule has 1 N–H and O–H groups in total. The highest BCUT2D eigenvalue weighted by atomic mass is 16.5. The van der Waals surface area contributed by atoms with Crippen molar-refractivity contribution in [1.29, 1.82) is 0 Å². The minimum Gasteiger partial charge on any atom is -0.363 e. The first-order chi connectivity index (χ1) is 10.8. The first-order valence-corrected chi connectivity index (χ1v) is 8.25. The van der Waals surface area contributed by atoms with Crippen molar-refractivity contribution in [3.05, 3.63) is 18.5 Å². The van der Waals surface area contributed by atoms with Crippen molar-refractivity contribution < 1.29 is 9.53 Å². The molecule has 3 aliphatic rings. The Morgan fingerprint density at radius 1 is 1.32 bits per heavy atom. The van der Waals surface area contributed by atoms with Crippen molar-refractivity contribution in [2.45, 2.75) is 37.9 Å². The summed E-state index contributed by atoms with van der Waals surface area (Å²) in [5.74, 6) is 2.02. The minimum atomic E-state index is -0.273. The normalized spacial score (nSPS) is 30.9. The monoisotopic (exact) mass is 302 g/mol. The summed E-state index contributed by atoms with van der Waals surface area (Å²) >= 11 is 0. The van der Waals surface area contributed by atoms with Gasteiger partial charge in [0.05, 0.1) is 6.10 Å². The summed E-state index contributed by atoms with van der Waals surface area (Å²) < 4.78 is 6.02. The minimum absolute atomic E-state index is 0.0730. The lowest BCUT2D eigenvalue weighted by Crippen LogP contribution is -2.43. The van der Waals surface area contributed by atoms with Gasteiger partial charge in [-0.1, -0.05) is 0 Å². The molecule has 3 heterocycles. The Bertz CT molecular complexity index is 534. The van der Waals surface area contributed by atoms with Crippen LogP contribution in [0.3, 0.4) is 0 Å². The maximum atomic E-state index is 12.2. The third-order valence-corrected chi connectivity index (χ3v) is 4.94. The van der Waals surface area contributed by atoms with Gasteiger partial charge >= 0.3 is 0 Å². The summed E-state index contributed by atoms with van der Waals surface area (Å²) in [6, 6.07) is 1.82. The molecule has 2 saturated heterocycles. The summed E-state index contributed by atoms with van der Waals surface area (Å²) in [4.78, 5) is 23.0. The molecule has 0 unspecified atom stereocenters. The predicted molar refractivity (Wildman–Crippen MR) is 81.4 cm³/mol. The zero-order chi connectivity index (χ0) is 14.9. The average molecular weight is 302 g/mol. The van der Waals surface area contributed by atoms with Gasteiger partial charge in [-0.05, 0) is 43.6 Å². The number of rotatable bonds is 4. The van der Waals surface area contributed by atoms with Crippen LogP contribution in [-0.2, 0) is 9.53 Å². The van der Waals surface area contributed by atoms with Gasteiger partial charge in [-0.2, -0.15) is 0 Å². The number of ether oxygens (including phenoxy) is 1. The SMILES string of the molecule is O=C(NCC1CC1)[C@@H]1C[C@@H]2CCN(c3ncccn3)C[C@H]2O1. The molecule has 1 aromatic heterocycles. The van der Waals surface area contributed by atoms with E-state index in [1.165, 1.54) is 12.8 Å². The van der Waals surface area contributed by atoms with Gasteiger partial charge in [0.15, 0.2) is 0 Å². The Balaban J connectivity index is 1.34. The first-order valence-electron chi connectivity index (χ1n) is 8.25. The highest BCUT2D eigenvalue weighted by molar-refractivity contribution is 5.81. The third-order valence-electron chi connectivity index (χ3n) is 4.94. The van der Waals surface area contributed by atoms with Crippen molar-refractivity contribution in [2.75, 3.05) is 24.5 Å². The van der Waals surface area contributed by atoms with Crippen LogP contribution in [0.15, 0.2) is 18.5 Å². The Labute approximate surface area is 130 Å². The number of nitrogens with zero attached hydrogens (tertiary/aromatic N) is 3. The number of carbonyl (C=O) groups excluding carboxylic acids is 1. The number of fused-ring (bicyclic) bond motifs is 1. The molecule has 0 bridgehead atoms. The maximum absolute atomic E-state index is 12.2.